The van der Waals surface area contributed by atoms with Crippen LogP contribution in [0.1, 0.15) is 22.5 Å². The molecule has 30 heavy (non-hydrogen) atoms. The van der Waals surface area contributed by atoms with Crippen molar-refractivity contribution in [1.82, 2.24) is 15.3 Å². The van der Waals surface area contributed by atoms with E-state index in [0.717, 1.165) is 19.4 Å². The fraction of sp³-hybridized carbons (Fsp3) is 0.238. The van der Waals surface area contributed by atoms with Crippen molar-refractivity contribution in [2.24, 2.45) is 0 Å². The van der Waals surface area contributed by atoms with Gasteiger partial charge in [0.1, 0.15) is 0 Å². The van der Waals surface area contributed by atoms with Crippen molar-refractivity contribution in [3.05, 3.63) is 65.8 Å². The van der Waals surface area contributed by atoms with Crippen LogP contribution in [0.2, 0.25) is 0 Å². The number of hydrogen-bond donors (Lipinski definition) is 3. The molecule has 3 aromatic rings. The molecule has 4 rings (SSSR count). The molecule has 1 aliphatic rings. The summed E-state index contributed by atoms with van der Waals surface area (Å²) in [5.74, 6) is 0.542. The molecule has 3 heterocycles. The van der Waals surface area contributed by atoms with E-state index in [2.05, 4.69) is 30.8 Å². The van der Waals surface area contributed by atoms with E-state index in [9.17, 15) is 9.59 Å². The summed E-state index contributed by atoms with van der Waals surface area (Å²) in [5, 5.41) is 9.21. The van der Waals surface area contributed by atoms with Crippen molar-refractivity contribution in [2.75, 3.05) is 28.6 Å². The highest BCUT2D eigenvalue weighted by Gasteiger charge is 2.24. The monoisotopic (exact) mass is 422 g/mol. The quantitative estimate of drug-likeness (QED) is 0.584. The van der Waals surface area contributed by atoms with Crippen molar-refractivity contribution in [3.63, 3.8) is 0 Å². The van der Waals surface area contributed by atoms with Gasteiger partial charge in [0.25, 0.3) is 5.91 Å². The van der Waals surface area contributed by atoms with Crippen LogP contribution in [0.3, 0.4) is 0 Å². The lowest BCUT2D eigenvalue weighted by atomic mass is 10.1. The molecule has 3 amide bonds. The number of aromatic nitrogens is 2. The molecule has 1 aromatic carbocycles. The molecule has 0 radical (unpaired) electrons. The highest BCUT2D eigenvalue weighted by molar-refractivity contribution is 7.18. The van der Waals surface area contributed by atoms with Gasteiger partial charge in [0.2, 0.25) is 5.95 Å². The molecule has 0 spiro atoms. The topological polar surface area (TPSA) is 99.2 Å². The normalized spacial score (nSPS) is 16.0. The van der Waals surface area contributed by atoms with Crippen molar-refractivity contribution >= 4 is 39.9 Å². The van der Waals surface area contributed by atoms with Crippen molar-refractivity contribution in [3.8, 4) is 0 Å². The smallest absolute Gasteiger partial charge is 0.324 e. The molecule has 8 nitrogen and oxygen atoms in total. The second kappa shape index (κ2) is 9.36. The highest BCUT2D eigenvalue weighted by atomic mass is 32.1. The standard InChI is InChI=1S/C21H22N6O2S/c28-19(24-16-8-4-13-27(14-16)20-22-11-5-12-23-20)17-9-10-18(30-17)26-21(29)25-15-6-2-1-3-7-15/h1-3,5-7,9-12,16H,4,8,13-14H2,(H,24,28)(H2,25,26,29). The van der Waals surface area contributed by atoms with E-state index < -0.39 is 0 Å². The van der Waals surface area contributed by atoms with Crippen LogP contribution in [0.15, 0.2) is 60.9 Å². The average Bonchev–Trinajstić information content (AvgIpc) is 3.24. The molecule has 1 atom stereocenters. The van der Waals surface area contributed by atoms with E-state index in [4.69, 9.17) is 0 Å². The van der Waals surface area contributed by atoms with Gasteiger partial charge in [0.15, 0.2) is 0 Å². The number of carbonyl (C=O) groups is 2. The zero-order valence-electron chi connectivity index (χ0n) is 16.2. The minimum Gasteiger partial charge on any atom is -0.347 e. The second-order valence-corrected chi connectivity index (χ2v) is 8.00. The largest absolute Gasteiger partial charge is 0.347 e. The second-order valence-electron chi connectivity index (χ2n) is 6.92. The number of hydrogen-bond acceptors (Lipinski definition) is 6. The number of carbonyl (C=O) groups excluding carboxylic acids is 2. The van der Waals surface area contributed by atoms with E-state index in [-0.39, 0.29) is 18.0 Å². The number of benzene rings is 1. The number of anilines is 3. The number of urea groups is 1. The minimum absolute atomic E-state index is 0.0231. The Morgan fingerprint density at radius 2 is 1.80 bits per heavy atom. The van der Waals surface area contributed by atoms with Crippen molar-refractivity contribution in [2.45, 2.75) is 18.9 Å². The van der Waals surface area contributed by atoms with Gasteiger partial charge in [-0.05, 0) is 43.2 Å². The first-order valence-corrected chi connectivity index (χ1v) is 10.5. The van der Waals surface area contributed by atoms with E-state index in [1.807, 2.05) is 18.2 Å². The molecule has 1 saturated heterocycles. The van der Waals surface area contributed by atoms with Gasteiger partial charge in [-0.2, -0.15) is 0 Å². The molecule has 2 aromatic heterocycles. The summed E-state index contributed by atoms with van der Waals surface area (Å²) in [4.78, 5) is 36.0. The first kappa shape index (κ1) is 19.8. The Morgan fingerprint density at radius 1 is 1.00 bits per heavy atom. The van der Waals surface area contributed by atoms with Crippen LogP contribution in [-0.2, 0) is 0 Å². The number of para-hydroxylation sites is 1. The number of amides is 3. The van der Waals surface area contributed by atoms with Crippen LogP contribution >= 0.6 is 11.3 Å². The van der Waals surface area contributed by atoms with Gasteiger partial charge in [-0.15, -0.1) is 11.3 Å². The Balaban J connectivity index is 1.31. The summed E-state index contributed by atoms with van der Waals surface area (Å²) in [6.07, 6.45) is 5.31. The molecule has 154 valence electrons. The predicted octanol–water partition coefficient (Wildman–Crippen LogP) is 3.58. The summed E-state index contributed by atoms with van der Waals surface area (Å²) in [6.45, 7) is 1.55. The van der Waals surface area contributed by atoms with Gasteiger partial charge in [-0.25, -0.2) is 14.8 Å². The molecule has 1 fully saturated rings. The molecular formula is C21H22N6O2S. The van der Waals surface area contributed by atoms with Gasteiger partial charge >= 0.3 is 6.03 Å². The maximum Gasteiger partial charge on any atom is 0.324 e. The fourth-order valence-electron chi connectivity index (χ4n) is 3.31. The fourth-order valence-corrected chi connectivity index (χ4v) is 4.11. The van der Waals surface area contributed by atoms with E-state index in [1.54, 1.807) is 42.7 Å². The molecule has 1 aliphatic heterocycles. The maximum absolute atomic E-state index is 12.7. The number of rotatable bonds is 5. The Kier molecular flexibility index (Phi) is 6.19. The van der Waals surface area contributed by atoms with Crippen LogP contribution in [0.5, 0.6) is 0 Å². The Labute approximate surface area is 178 Å². The van der Waals surface area contributed by atoms with Crippen molar-refractivity contribution < 1.29 is 9.59 Å². The predicted molar refractivity (Wildman–Crippen MR) is 118 cm³/mol. The van der Waals surface area contributed by atoms with Crippen molar-refractivity contribution in [1.29, 1.82) is 0 Å². The lowest BCUT2D eigenvalue weighted by molar-refractivity contribution is 0.0937. The summed E-state index contributed by atoms with van der Waals surface area (Å²) in [7, 11) is 0. The van der Waals surface area contributed by atoms with Gasteiger partial charge < -0.3 is 15.5 Å². The third-order valence-corrected chi connectivity index (χ3v) is 5.69. The lowest BCUT2D eigenvalue weighted by Crippen LogP contribution is -2.48. The third kappa shape index (κ3) is 5.12. The first-order valence-electron chi connectivity index (χ1n) is 9.73. The van der Waals surface area contributed by atoms with Crippen LogP contribution in [0, 0.1) is 0 Å². The molecule has 1 unspecified atom stereocenters. The molecule has 0 bridgehead atoms. The van der Waals surface area contributed by atoms with Gasteiger partial charge in [-0.1, -0.05) is 18.2 Å². The van der Waals surface area contributed by atoms with E-state index in [1.165, 1.54) is 11.3 Å². The summed E-state index contributed by atoms with van der Waals surface area (Å²) < 4.78 is 0. The Hall–Kier alpha value is -3.46. The molecule has 0 aliphatic carbocycles. The van der Waals surface area contributed by atoms with Gasteiger partial charge in [0, 0.05) is 37.2 Å². The average molecular weight is 423 g/mol. The summed E-state index contributed by atoms with van der Waals surface area (Å²) in [5.41, 5.74) is 0.703. The third-order valence-electron chi connectivity index (χ3n) is 4.69. The highest BCUT2D eigenvalue weighted by Crippen LogP contribution is 2.23. The summed E-state index contributed by atoms with van der Waals surface area (Å²) >= 11 is 1.24. The number of piperidine rings is 1. The SMILES string of the molecule is O=C(Nc1ccccc1)Nc1ccc(C(=O)NC2CCCN(c3ncccn3)C2)s1. The van der Waals surface area contributed by atoms with Crippen LogP contribution in [0.4, 0.5) is 21.4 Å². The van der Waals surface area contributed by atoms with Gasteiger partial charge in [0.05, 0.1) is 9.88 Å². The number of thiophene rings is 1. The molecular weight excluding hydrogens is 400 g/mol. The summed E-state index contributed by atoms with van der Waals surface area (Å²) in [6, 6.07) is 14.1. The zero-order chi connectivity index (χ0) is 20.8. The Bertz CT molecular complexity index is 995. The maximum atomic E-state index is 12.7. The molecule has 9 heteroatoms. The minimum atomic E-state index is -0.346. The number of nitrogens with one attached hydrogen (secondary N) is 3. The van der Waals surface area contributed by atoms with E-state index >= 15 is 0 Å². The number of nitrogens with zero attached hydrogens (tertiary/aromatic N) is 3. The van der Waals surface area contributed by atoms with Crippen LogP contribution < -0.4 is 20.9 Å². The lowest BCUT2D eigenvalue weighted by Gasteiger charge is -2.32. The first-order chi connectivity index (χ1) is 14.7. The van der Waals surface area contributed by atoms with Gasteiger partial charge in [-0.3, -0.25) is 10.1 Å². The van der Waals surface area contributed by atoms with Crippen LogP contribution in [-0.4, -0.2) is 41.0 Å². The molecule has 3 N–H and O–H groups in total. The zero-order valence-corrected chi connectivity index (χ0v) is 17.1. The molecule has 0 saturated carbocycles. The van der Waals surface area contributed by atoms with Crippen LogP contribution in [0.25, 0.3) is 0 Å². The van der Waals surface area contributed by atoms with E-state index in [0.29, 0.717) is 28.1 Å². The Morgan fingerprint density at radius 3 is 2.60 bits per heavy atom.